The van der Waals surface area contributed by atoms with Crippen LogP contribution < -0.4 is 10.5 Å². The molecule has 0 aliphatic rings. The van der Waals surface area contributed by atoms with Gasteiger partial charge in [-0.1, -0.05) is 13.8 Å². The number of carbonyl (C=O) groups excluding carboxylic acids is 1. The van der Waals surface area contributed by atoms with E-state index in [-0.39, 0.29) is 11.7 Å². The second-order valence-electron chi connectivity index (χ2n) is 4.18. The highest BCUT2D eigenvalue weighted by Crippen LogP contribution is 2.03. The van der Waals surface area contributed by atoms with Gasteiger partial charge in [-0.3, -0.25) is 9.59 Å². The van der Waals surface area contributed by atoms with Gasteiger partial charge >= 0.3 is 5.97 Å². The van der Waals surface area contributed by atoms with Crippen LogP contribution in [0.25, 0.3) is 0 Å². The summed E-state index contributed by atoms with van der Waals surface area (Å²) in [6.07, 6.45) is -0.144. The van der Waals surface area contributed by atoms with E-state index in [0.717, 1.165) is 0 Å². The summed E-state index contributed by atoms with van der Waals surface area (Å²) in [5, 5.41) is 8.73. The van der Waals surface area contributed by atoms with Crippen LogP contribution in [0.15, 0.2) is 0 Å². The van der Waals surface area contributed by atoms with Crippen LogP contribution in [0.4, 0.5) is 0 Å². The summed E-state index contributed by atoms with van der Waals surface area (Å²) in [6, 6.07) is -1.50. The molecule has 17 heavy (non-hydrogen) atoms. The summed E-state index contributed by atoms with van der Waals surface area (Å²) < 4.78 is 25.0. The van der Waals surface area contributed by atoms with E-state index >= 15 is 0 Å². The third-order valence-electron chi connectivity index (χ3n) is 1.99. The first-order valence-corrected chi connectivity index (χ1v) is 6.80. The molecule has 0 aromatic carbocycles. The van der Waals surface area contributed by atoms with E-state index < -0.39 is 34.4 Å². The van der Waals surface area contributed by atoms with Gasteiger partial charge in [-0.05, 0) is 12.3 Å². The third-order valence-corrected chi connectivity index (χ3v) is 3.41. The fraction of sp³-hybridized carbons (Fsp3) is 0.778. The Morgan fingerprint density at radius 2 is 1.88 bits per heavy atom. The van der Waals surface area contributed by atoms with Crippen LogP contribution in [0, 0.1) is 5.92 Å². The Balaban J connectivity index is 4.53. The first-order valence-electron chi connectivity index (χ1n) is 5.15. The Morgan fingerprint density at radius 3 is 2.24 bits per heavy atom. The number of hydrogen-bond acceptors (Lipinski definition) is 4. The number of nitrogens with one attached hydrogen (secondary N) is 1. The second-order valence-corrected chi connectivity index (χ2v) is 6.05. The van der Waals surface area contributed by atoms with Crippen LogP contribution in [-0.2, 0) is 19.6 Å². The molecule has 0 rings (SSSR count). The smallest absolute Gasteiger partial charge is 0.322 e. The Hall–Kier alpha value is -1.15. The molecule has 0 fully saturated rings. The standard InChI is InChI=1S/C9H18N2O5S/c1-6(2)3-4-17(15,16)11-7(9(13)14)5-8(10)12/h6-7,11H,3-5H2,1-2H3,(H2,10,12)(H,13,14)/t7-/m1/s1. The molecule has 0 aliphatic heterocycles. The van der Waals surface area contributed by atoms with Gasteiger partial charge in [-0.2, -0.15) is 0 Å². The second kappa shape index (κ2) is 6.55. The number of carboxylic acid groups (broad SMARTS) is 1. The number of amides is 1. The van der Waals surface area contributed by atoms with Gasteiger partial charge in [0.2, 0.25) is 15.9 Å². The summed E-state index contributed by atoms with van der Waals surface area (Å²) in [4.78, 5) is 21.3. The van der Waals surface area contributed by atoms with Crippen LogP contribution in [0.5, 0.6) is 0 Å². The molecule has 0 saturated heterocycles. The fourth-order valence-corrected chi connectivity index (χ4v) is 2.56. The summed E-state index contributed by atoms with van der Waals surface area (Å²) >= 11 is 0. The quantitative estimate of drug-likeness (QED) is 0.534. The zero-order valence-electron chi connectivity index (χ0n) is 9.84. The molecule has 0 aromatic rings. The van der Waals surface area contributed by atoms with Gasteiger partial charge in [0.15, 0.2) is 0 Å². The predicted molar refractivity (Wildman–Crippen MR) is 61.6 cm³/mol. The minimum absolute atomic E-state index is 0.173. The zero-order chi connectivity index (χ0) is 13.6. The molecule has 8 heteroatoms. The molecule has 0 spiro atoms. The van der Waals surface area contributed by atoms with Crippen molar-refractivity contribution in [2.75, 3.05) is 5.75 Å². The first-order chi connectivity index (χ1) is 7.64. The van der Waals surface area contributed by atoms with Crippen molar-refractivity contribution in [1.29, 1.82) is 0 Å². The molecule has 0 bridgehead atoms. The molecule has 0 aliphatic carbocycles. The van der Waals surface area contributed by atoms with E-state index in [1.54, 1.807) is 0 Å². The number of hydrogen-bond donors (Lipinski definition) is 3. The zero-order valence-corrected chi connectivity index (χ0v) is 10.7. The molecule has 0 aromatic heterocycles. The normalized spacial score (nSPS) is 13.6. The molecule has 1 atom stereocenters. The number of carbonyl (C=O) groups is 2. The molecule has 7 nitrogen and oxygen atoms in total. The SMILES string of the molecule is CC(C)CCS(=O)(=O)N[C@H](CC(N)=O)C(=O)O. The average Bonchev–Trinajstić information content (AvgIpc) is 2.12. The molecule has 4 N–H and O–H groups in total. The van der Waals surface area contributed by atoms with Crippen LogP contribution >= 0.6 is 0 Å². The maximum Gasteiger partial charge on any atom is 0.322 e. The number of carboxylic acids is 1. The third kappa shape index (κ3) is 7.70. The van der Waals surface area contributed by atoms with Gasteiger partial charge in [0.25, 0.3) is 0 Å². The maximum atomic E-state index is 11.5. The molecule has 0 saturated carbocycles. The monoisotopic (exact) mass is 266 g/mol. The lowest BCUT2D eigenvalue weighted by atomic mass is 10.2. The largest absolute Gasteiger partial charge is 0.480 e. The lowest BCUT2D eigenvalue weighted by Crippen LogP contribution is -2.44. The van der Waals surface area contributed by atoms with E-state index in [9.17, 15) is 18.0 Å². The molecule has 0 unspecified atom stereocenters. The van der Waals surface area contributed by atoms with Gasteiger partial charge in [-0.15, -0.1) is 0 Å². The average molecular weight is 266 g/mol. The maximum absolute atomic E-state index is 11.5. The Bertz CT molecular complexity index is 377. The minimum Gasteiger partial charge on any atom is -0.480 e. The van der Waals surface area contributed by atoms with E-state index in [0.29, 0.717) is 6.42 Å². The van der Waals surface area contributed by atoms with Crippen molar-refractivity contribution in [2.24, 2.45) is 11.7 Å². The van der Waals surface area contributed by atoms with E-state index in [1.807, 2.05) is 18.6 Å². The molecular weight excluding hydrogens is 248 g/mol. The molecule has 0 heterocycles. The van der Waals surface area contributed by atoms with Crippen molar-refractivity contribution in [2.45, 2.75) is 32.7 Å². The predicted octanol–water partition coefficient (Wildman–Crippen LogP) is -0.719. The van der Waals surface area contributed by atoms with Crippen molar-refractivity contribution in [3.63, 3.8) is 0 Å². The number of sulfonamides is 1. The lowest BCUT2D eigenvalue weighted by molar-refractivity contribution is -0.140. The number of nitrogens with two attached hydrogens (primary N) is 1. The molecule has 100 valence electrons. The van der Waals surface area contributed by atoms with Crippen molar-refractivity contribution in [3.05, 3.63) is 0 Å². The van der Waals surface area contributed by atoms with Crippen LogP contribution in [0.1, 0.15) is 26.7 Å². The van der Waals surface area contributed by atoms with E-state index in [2.05, 4.69) is 0 Å². The molecule has 0 radical (unpaired) electrons. The summed E-state index contributed by atoms with van der Waals surface area (Å²) in [7, 11) is -3.71. The minimum atomic E-state index is -3.71. The molecule has 1 amide bonds. The van der Waals surface area contributed by atoms with Gasteiger partial charge in [0.05, 0.1) is 12.2 Å². The van der Waals surface area contributed by atoms with Crippen LogP contribution in [0.2, 0.25) is 0 Å². The van der Waals surface area contributed by atoms with Gasteiger partial charge < -0.3 is 10.8 Å². The Morgan fingerprint density at radius 1 is 1.35 bits per heavy atom. The number of rotatable bonds is 8. The lowest BCUT2D eigenvalue weighted by Gasteiger charge is -2.13. The van der Waals surface area contributed by atoms with Crippen molar-refractivity contribution < 1.29 is 23.1 Å². The number of primary amides is 1. The topological polar surface area (TPSA) is 127 Å². The van der Waals surface area contributed by atoms with Gasteiger partial charge in [0, 0.05) is 0 Å². The Labute approximate surface area is 100 Å². The Kier molecular flexibility index (Phi) is 6.11. The van der Waals surface area contributed by atoms with E-state index in [1.165, 1.54) is 0 Å². The highest BCUT2D eigenvalue weighted by atomic mass is 32.2. The van der Waals surface area contributed by atoms with E-state index in [4.69, 9.17) is 10.8 Å². The number of aliphatic carboxylic acids is 1. The van der Waals surface area contributed by atoms with Crippen molar-refractivity contribution in [3.8, 4) is 0 Å². The van der Waals surface area contributed by atoms with Crippen molar-refractivity contribution in [1.82, 2.24) is 4.72 Å². The van der Waals surface area contributed by atoms with Gasteiger partial charge in [-0.25, -0.2) is 13.1 Å². The highest BCUT2D eigenvalue weighted by Gasteiger charge is 2.25. The van der Waals surface area contributed by atoms with Crippen LogP contribution in [-0.4, -0.2) is 37.2 Å². The molecular formula is C9H18N2O5S. The summed E-state index contributed by atoms with van der Waals surface area (Å²) in [5.41, 5.74) is 4.84. The summed E-state index contributed by atoms with van der Waals surface area (Å²) in [5.74, 6) is -2.28. The van der Waals surface area contributed by atoms with Crippen LogP contribution in [0.3, 0.4) is 0 Å². The fourth-order valence-electron chi connectivity index (χ4n) is 1.05. The van der Waals surface area contributed by atoms with Gasteiger partial charge in [0.1, 0.15) is 6.04 Å². The summed E-state index contributed by atoms with van der Waals surface area (Å²) in [6.45, 7) is 3.71. The first kappa shape index (κ1) is 15.9. The van der Waals surface area contributed by atoms with Crippen molar-refractivity contribution >= 4 is 21.9 Å². The highest BCUT2D eigenvalue weighted by molar-refractivity contribution is 7.89.